The van der Waals surface area contributed by atoms with E-state index in [9.17, 15) is 4.79 Å². The molecule has 0 aromatic carbocycles. The first-order valence-corrected chi connectivity index (χ1v) is 5.77. The Morgan fingerprint density at radius 1 is 1.56 bits per heavy atom. The highest BCUT2D eigenvalue weighted by molar-refractivity contribution is 5.93. The molecule has 2 heterocycles. The Morgan fingerprint density at radius 2 is 2.33 bits per heavy atom. The van der Waals surface area contributed by atoms with Crippen LogP contribution in [0.5, 0.6) is 0 Å². The Bertz CT molecular complexity index is 516. The van der Waals surface area contributed by atoms with Gasteiger partial charge in [0.1, 0.15) is 0 Å². The minimum absolute atomic E-state index is 0.105. The smallest absolute Gasteiger partial charge is 0.257 e. The summed E-state index contributed by atoms with van der Waals surface area (Å²) in [7, 11) is 1.72. The van der Waals surface area contributed by atoms with Gasteiger partial charge in [-0.2, -0.15) is 5.10 Å². The van der Waals surface area contributed by atoms with Crippen LogP contribution in [0.2, 0.25) is 0 Å². The molecule has 0 spiro atoms. The van der Waals surface area contributed by atoms with E-state index in [0.29, 0.717) is 23.8 Å². The SMILES string of the molecule is CC(C)c1cc(CN(C)C(=O)c2cn[nH]c2)on1. The summed E-state index contributed by atoms with van der Waals surface area (Å²) in [5.74, 6) is 0.890. The van der Waals surface area contributed by atoms with Gasteiger partial charge < -0.3 is 9.42 Å². The maximum absolute atomic E-state index is 12.0. The third kappa shape index (κ3) is 2.58. The summed E-state index contributed by atoms with van der Waals surface area (Å²) >= 11 is 0. The molecule has 0 fully saturated rings. The normalized spacial score (nSPS) is 10.9. The number of nitrogens with zero attached hydrogens (tertiary/aromatic N) is 3. The summed E-state index contributed by atoms with van der Waals surface area (Å²) in [6, 6.07) is 1.88. The second-order valence-corrected chi connectivity index (χ2v) is 4.52. The molecule has 0 radical (unpaired) electrons. The van der Waals surface area contributed by atoms with Gasteiger partial charge in [0, 0.05) is 19.3 Å². The molecular weight excluding hydrogens is 232 g/mol. The maximum Gasteiger partial charge on any atom is 0.257 e. The molecule has 2 rings (SSSR count). The zero-order valence-corrected chi connectivity index (χ0v) is 10.7. The van der Waals surface area contributed by atoms with Crippen molar-refractivity contribution in [2.45, 2.75) is 26.3 Å². The average Bonchev–Trinajstić information content (AvgIpc) is 2.98. The van der Waals surface area contributed by atoms with Crippen LogP contribution in [0.1, 0.15) is 41.6 Å². The third-order valence-electron chi connectivity index (χ3n) is 2.65. The van der Waals surface area contributed by atoms with Crippen molar-refractivity contribution in [2.75, 3.05) is 7.05 Å². The number of H-pyrrole nitrogens is 1. The highest BCUT2D eigenvalue weighted by Crippen LogP contribution is 2.15. The van der Waals surface area contributed by atoms with Crippen molar-refractivity contribution in [3.63, 3.8) is 0 Å². The maximum atomic E-state index is 12.0. The molecule has 1 N–H and O–H groups in total. The molecule has 6 nitrogen and oxygen atoms in total. The fraction of sp³-hybridized carbons (Fsp3) is 0.417. The van der Waals surface area contributed by atoms with Gasteiger partial charge in [0.2, 0.25) is 0 Å². The van der Waals surface area contributed by atoms with Gasteiger partial charge in [0.15, 0.2) is 5.76 Å². The number of nitrogens with one attached hydrogen (secondary N) is 1. The molecule has 96 valence electrons. The Labute approximate surface area is 105 Å². The van der Waals surface area contributed by atoms with Crippen LogP contribution >= 0.6 is 0 Å². The van der Waals surface area contributed by atoms with Crippen molar-refractivity contribution in [3.05, 3.63) is 35.5 Å². The van der Waals surface area contributed by atoms with Crippen LogP contribution in [0.15, 0.2) is 23.0 Å². The summed E-state index contributed by atoms with van der Waals surface area (Å²) < 4.78 is 5.20. The van der Waals surface area contributed by atoms with Crippen LogP contribution in [0.3, 0.4) is 0 Å². The molecule has 0 aliphatic heterocycles. The Balaban J connectivity index is 2.02. The van der Waals surface area contributed by atoms with Crippen molar-refractivity contribution in [1.82, 2.24) is 20.3 Å². The van der Waals surface area contributed by atoms with E-state index in [0.717, 1.165) is 5.69 Å². The van der Waals surface area contributed by atoms with Crippen molar-refractivity contribution >= 4 is 5.91 Å². The van der Waals surface area contributed by atoms with Gasteiger partial charge in [0.05, 0.1) is 24.0 Å². The lowest BCUT2D eigenvalue weighted by molar-refractivity contribution is 0.0772. The van der Waals surface area contributed by atoms with Crippen LogP contribution in [0.4, 0.5) is 0 Å². The Kier molecular flexibility index (Phi) is 3.45. The molecule has 2 aromatic heterocycles. The standard InChI is InChI=1S/C12H16N4O2/c1-8(2)11-4-10(18-15-11)7-16(3)12(17)9-5-13-14-6-9/h4-6,8H,7H2,1-3H3,(H,13,14). The molecular formula is C12H16N4O2. The first kappa shape index (κ1) is 12.3. The number of hydrogen-bond donors (Lipinski definition) is 1. The molecule has 0 bridgehead atoms. The van der Waals surface area contributed by atoms with E-state index < -0.39 is 0 Å². The summed E-state index contributed by atoms with van der Waals surface area (Å²) in [5.41, 5.74) is 1.43. The first-order chi connectivity index (χ1) is 8.58. The van der Waals surface area contributed by atoms with Crippen LogP contribution < -0.4 is 0 Å². The quantitative estimate of drug-likeness (QED) is 0.895. The molecule has 0 aliphatic carbocycles. The van der Waals surface area contributed by atoms with Crippen molar-refractivity contribution in [3.8, 4) is 0 Å². The largest absolute Gasteiger partial charge is 0.359 e. The van der Waals surface area contributed by atoms with Crippen molar-refractivity contribution < 1.29 is 9.32 Å². The number of rotatable bonds is 4. The monoisotopic (exact) mass is 248 g/mol. The molecule has 0 saturated heterocycles. The summed E-state index contributed by atoms with van der Waals surface area (Å²) in [5, 5.41) is 10.3. The predicted molar refractivity (Wildman–Crippen MR) is 65.0 cm³/mol. The van der Waals surface area contributed by atoms with Gasteiger partial charge in [-0.1, -0.05) is 19.0 Å². The molecule has 0 atom stereocenters. The topological polar surface area (TPSA) is 75.0 Å². The van der Waals surface area contributed by atoms with Crippen LogP contribution in [-0.4, -0.2) is 33.2 Å². The number of hydrogen-bond acceptors (Lipinski definition) is 4. The highest BCUT2D eigenvalue weighted by Gasteiger charge is 2.15. The molecule has 6 heteroatoms. The zero-order chi connectivity index (χ0) is 13.1. The number of aromatic nitrogens is 3. The Morgan fingerprint density at radius 3 is 2.89 bits per heavy atom. The van der Waals surface area contributed by atoms with Gasteiger partial charge >= 0.3 is 0 Å². The van der Waals surface area contributed by atoms with Gasteiger partial charge in [-0.3, -0.25) is 9.89 Å². The van der Waals surface area contributed by atoms with E-state index in [1.54, 1.807) is 18.1 Å². The molecule has 18 heavy (non-hydrogen) atoms. The summed E-state index contributed by atoms with van der Waals surface area (Å²) in [6.07, 6.45) is 3.07. The lowest BCUT2D eigenvalue weighted by Crippen LogP contribution is -2.25. The van der Waals surface area contributed by atoms with E-state index in [2.05, 4.69) is 15.4 Å². The molecule has 0 saturated carbocycles. The summed E-state index contributed by atoms with van der Waals surface area (Å²) in [4.78, 5) is 13.5. The number of carbonyl (C=O) groups excluding carboxylic acids is 1. The number of carbonyl (C=O) groups is 1. The van der Waals surface area contributed by atoms with Crippen LogP contribution in [-0.2, 0) is 6.54 Å². The lowest BCUT2D eigenvalue weighted by atomic mass is 10.1. The van der Waals surface area contributed by atoms with Crippen LogP contribution in [0.25, 0.3) is 0 Å². The van der Waals surface area contributed by atoms with E-state index in [1.807, 2.05) is 19.9 Å². The fourth-order valence-corrected chi connectivity index (χ4v) is 1.57. The predicted octanol–water partition coefficient (Wildman–Crippen LogP) is 1.79. The van der Waals surface area contributed by atoms with E-state index in [4.69, 9.17) is 4.52 Å². The van der Waals surface area contributed by atoms with Crippen molar-refractivity contribution in [1.29, 1.82) is 0 Å². The van der Waals surface area contributed by atoms with E-state index in [-0.39, 0.29) is 5.91 Å². The van der Waals surface area contributed by atoms with Gasteiger partial charge in [-0.05, 0) is 5.92 Å². The molecule has 2 aromatic rings. The highest BCUT2D eigenvalue weighted by atomic mass is 16.5. The second kappa shape index (κ2) is 5.03. The third-order valence-corrected chi connectivity index (χ3v) is 2.65. The average molecular weight is 248 g/mol. The fourth-order valence-electron chi connectivity index (χ4n) is 1.57. The molecule has 1 amide bonds. The van der Waals surface area contributed by atoms with Gasteiger partial charge in [-0.25, -0.2) is 0 Å². The van der Waals surface area contributed by atoms with E-state index >= 15 is 0 Å². The van der Waals surface area contributed by atoms with Gasteiger partial charge in [0.25, 0.3) is 5.91 Å². The minimum Gasteiger partial charge on any atom is -0.359 e. The Hall–Kier alpha value is -2.11. The second-order valence-electron chi connectivity index (χ2n) is 4.52. The number of aromatic amines is 1. The van der Waals surface area contributed by atoms with Gasteiger partial charge in [-0.15, -0.1) is 0 Å². The summed E-state index contributed by atoms with van der Waals surface area (Å²) in [6.45, 7) is 4.48. The molecule has 0 unspecified atom stereocenters. The number of amides is 1. The first-order valence-electron chi connectivity index (χ1n) is 5.77. The lowest BCUT2D eigenvalue weighted by Gasteiger charge is -2.13. The minimum atomic E-state index is -0.105. The van der Waals surface area contributed by atoms with Crippen molar-refractivity contribution in [2.24, 2.45) is 0 Å². The van der Waals surface area contributed by atoms with E-state index in [1.165, 1.54) is 6.20 Å². The zero-order valence-electron chi connectivity index (χ0n) is 10.7. The molecule has 0 aliphatic rings. The van der Waals surface area contributed by atoms with Crippen LogP contribution in [0, 0.1) is 0 Å².